The SMILES string of the molecule is CC1(C)CO[P@@](=S)(NCc2cccnc2)O[C@H]1c1ccccc1[N+](=O)[O-]. The van der Waals surface area contributed by atoms with E-state index in [2.05, 4.69) is 10.1 Å². The Morgan fingerprint density at radius 2 is 2.15 bits per heavy atom. The molecule has 3 rings (SSSR count). The zero-order valence-electron chi connectivity index (χ0n) is 14.5. The van der Waals surface area contributed by atoms with Crippen LogP contribution in [0.15, 0.2) is 48.8 Å². The van der Waals surface area contributed by atoms with E-state index in [0.29, 0.717) is 18.7 Å². The van der Waals surface area contributed by atoms with E-state index in [0.717, 1.165) is 5.56 Å². The molecule has 0 radical (unpaired) electrons. The van der Waals surface area contributed by atoms with Crippen molar-refractivity contribution in [2.45, 2.75) is 26.5 Å². The number of hydrogen-bond acceptors (Lipinski definition) is 6. The molecule has 26 heavy (non-hydrogen) atoms. The van der Waals surface area contributed by atoms with Gasteiger partial charge in [0.2, 0.25) is 0 Å². The Morgan fingerprint density at radius 1 is 1.38 bits per heavy atom. The van der Waals surface area contributed by atoms with Crippen LogP contribution in [-0.2, 0) is 27.4 Å². The van der Waals surface area contributed by atoms with Gasteiger partial charge in [0.15, 0.2) is 0 Å². The highest BCUT2D eigenvalue weighted by molar-refractivity contribution is 8.09. The molecule has 0 saturated carbocycles. The van der Waals surface area contributed by atoms with Gasteiger partial charge in [-0.2, -0.15) is 0 Å². The first-order valence-electron chi connectivity index (χ1n) is 8.11. The van der Waals surface area contributed by atoms with Crippen LogP contribution >= 0.6 is 6.64 Å². The number of nitrogens with zero attached hydrogens (tertiary/aromatic N) is 2. The summed E-state index contributed by atoms with van der Waals surface area (Å²) in [6.07, 6.45) is 2.90. The summed E-state index contributed by atoms with van der Waals surface area (Å²) < 4.78 is 12.0. The van der Waals surface area contributed by atoms with Gasteiger partial charge in [-0.25, -0.2) is 5.09 Å². The normalized spacial score (nSPS) is 24.9. The molecule has 2 heterocycles. The first-order chi connectivity index (χ1) is 12.3. The predicted octanol–water partition coefficient (Wildman–Crippen LogP) is 4.12. The summed E-state index contributed by atoms with van der Waals surface area (Å²) in [7, 11) is 0. The quantitative estimate of drug-likeness (QED) is 0.464. The molecule has 1 aromatic heterocycles. The maximum atomic E-state index is 11.4. The molecule has 1 fully saturated rings. The minimum Gasteiger partial charge on any atom is -0.317 e. The van der Waals surface area contributed by atoms with Crippen LogP contribution < -0.4 is 5.09 Å². The van der Waals surface area contributed by atoms with E-state index in [-0.39, 0.29) is 5.69 Å². The van der Waals surface area contributed by atoms with Crippen molar-refractivity contribution in [3.8, 4) is 0 Å². The molecule has 7 nitrogen and oxygen atoms in total. The maximum absolute atomic E-state index is 11.4. The molecule has 138 valence electrons. The van der Waals surface area contributed by atoms with Crippen LogP contribution in [0.25, 0.3) is 0 Å². The molecule has 1 aliphatic heterocycles. The lowest BCUT2D eigenvalue weighted by molar-refractivity contribution is -0.386. The van der Waals surface area contributed by atoms with Crippen molar-refractivity contribution in [2.24, 2.45) is 5.41 Å². The van der Waals surface area contributed by atoms with Crippen molar-refractivity contribution in [2.75, 3.05) is 6.61 Å². The minimum absolute atomic E-state index is 0.0290. The predicted molar refractivity (Wildman–Crippen MR) is 102 cm³/mol. The number of nitrogens with one attached hydrogen (secondary N) is 1. The summed E-state index contributed by atoms with van der Waals surface area (Å²) in [5.74, 6) is 0. The van der Waals surface area contributed by atoms with Crippen molar-refractivity contribution >= 4 is 24.1 Å². The fraction of sp³-hybridized carbons (Fsp3) is 0.353. The van der Waals surface area contributed by atoms with E-state index >= 15 is 0 Å². The highest BCUT2D eigenvalue weighted by Crippen LogP contribution is 2.59. The molecule has 0 spiro atoms. The molecule has 1 N–H and O–H groups in total. The highest BCUT2D eigenvalue weighted by Gasteiger charge is 2.44. The third-order valence-corrected chi connectivity index (χ3v) is 6.64. The fourth-order valence-corrected chi connectivity index (χ4v) is 5.16. The van der Waals surface area contributed by atoms with E-state index in [4.69, 9.17) is 20.9 Å². The van der Waals surface area contributed by atoms with Crippen LogP contribution in [0, 0.1) is 15.5 Å². The molecule has 1 aliphatic rings. The van der Waals surface area contributed by atoms with Crippen molar-refractivity contribution in [1.82, 2.24) is 10.1 Å². The summed E-state index contributed by atoms with van der Waals surface area (Å²) in [6, 6.07) is 10.4. The lowest BCUT2D eigenvalue weighted by Gasteiger charge is -2.43. The van der Waals surface area contributed by atoms with Gasteiger partial charge in [-0.05, 0) is 29.5 Å². The molecule has 9 heteroatoms. The number of hydrogen-bond donors (Lipinski definition) is 1. The van der Waals surface area contributed by atoms with Crippen LogP contribution in [-0.4, -0.2) is 16.5 Å². The number of nitro benzene ring substituents is 1. The summed E-state index contributed by atoms with van der Waals surface area (Å²) in [5.41, 5.74) is 1.05. The minimum atomic E-state index is -2.80. The van der Waals surface area contributed by atoms with Gasteiger partial charge in [0, 0.05) is 30.4 Å². The fourth-order valence-electron chi connectivity index (χ4n) is 2.77. The lowest BCUT2D eigenvalue weighted by atomic mass is 9.83. The number of para-hydroxylation sites is 1. The second-order valence-corrected chi connectivity index (χ2v) is 9.98. The van der Waals surface area contributed by atoms with Crippen LogP contribution in [0.2, 0.25) is 0 Å². The monoisotopic (exact) mass is 393 g/mol. The Morgan fingerprint density at radius 3 is 2.85 bits per heavy atom. The molecule has 0 amide bonds. The van der Waals surface area contributed by atoms with Gasteiger partial charge in [0.25, 0.3) is 12.3 Å². The molecule has 2 aromatic rings. The molecule has 2 atom stereocenters. The smallest absolute Gasteiger partial charge is 0.275 e. The Balaban J connectivity index is 1.85. The van der Waals surface area contributed by atoms with E-state index in [1.807, 2.05) is 26.0 Å². The third kappa shape index (κ3) is 4.16. The largest absolute Gasteiger partial charge is 0.317 e. The highest BCUT2D eigenvalue weighted by atomic mass is 32.5. The van der Waals surface area contributed by atoms with Gasteiger partial charge in [-0.15, -0.1) is 0 Å². The summed E-state index contributed by atoms with van der Waals surface area (Å²) in [5, 5.41) is 14.6. The number of pyridine rings is 1. The average Bonchev–Trinajstić information content (AvgIpc) is 2.63. The molecular weight excluding hydrogens is 373 g/mol. The Kier molecular flexibility index (Phi) is 5.50. The van der Waals surface area contributed by atoms with Crippen LogP contribution in [0.4, 0.5) is 5.69 Å². The van der Waals surface area contributed by atoms with Gasteiger partial charge in [0.05, 0.1) is 17.1 Å². The lowest BCUT2D eigenvalue weighted by Crippen LogP contribution is -2.36. The molecule has 1 aromatic carbocycles. The number of rotatable bonds is 5. The Hall–Kier alpha value is -1.70. The van der Waals surface area contributed by atoms with Crippen molar-refractivity contribution in [1.29, 1.82) is 0 Å². The van der Waals surface area contributed by atoms with Gasteiger partial charge in [-0.1, -0.05) is 32.0 Å². The van der Waals surface area contributed by atoms with E-state index < -0.39 is 23.1 Å². The van der Waals surface area contributed by atoms with E-state index in [9.17, 15) is 10.1 Å². The Labute approximate surface area is 157 Å². The second-order valence-electron chi connectivity index (χ2n) is 6.76. The molecule has 0 aliphatic carbocycles. The van der Waals surface area contributed by atoms with E-state index in [1.54, 1.807) is 30.6 Å². The molecule has 0 bridgehead atoms. The second kappa shape index (κ2) is 7.50. The maximum Gasteiger partial charge on any atom is 0.275 e. The summed E-state index contributed by atoms with van der Waals surface area (Å²) in [4.78, 5) is 15.1. The van der Waals surface area contributed by atoms with Gasteiger partial charge >= 0.3 is 0 Å². The number of aromatic nitrogens is 1. The Bertz CT molecular complexity index is 847. The standard InChI is InChI=1S/C17H20N3O4PS/c1-17(2)12-23-25(26,19-11-13-6-5-9-18-10-13)24-16(17)14-7-3-4-8-15(14)20(21)22/h3-10,16H,11-12H2,1-2H3,(H,19,26)/t16-,25-/m0/s1. The van der Waals surface area contributed by atoms with Crippen molar-refractivity contribution in [3.05, 3.63) is 70.0 Å². The average molecular weight is 393 g/mol. The van der Waals surface area contributed by atoms with E-state index in [1.165, 1.54) is 6.07 Å². The van der Waals surface area contributed by atoms with Crippen molar-refractivity contribution < 1.29 is 14.0 Å². The molecular formula is C17H20N3O4PS. The van der Waals surface area contributed by atoms with Crippen LogP contribution in [0.3, 0.4) is 0 Å². The first-order valence-corrected chi connectivity index (χ1v) is 10.7. The van der Waals surface area contributed by atoms with Crippen molar-refractivity contribution in [3.63, 3.8) is 0 Å². The van der Waals surface area contributed by atoms with Crippen LogP contribution in [0.5, 0.6) is 0 Å². The van der Waals surface area contributed by atoms with Gasteiger partial charge < -0.3 is 9.05 Å². The molecule has 1 saturated heterocycles. The van der Waals surface area contributed by atoms with Gasteiger partial charge in [0.1, 0.15) is 6.10 Å². The zero-order valence-corrected chi connectivity index (χ0v) is 16.2. The van der Waals surface area contributed by atoms with Gasteiger partial charge in [-0.3, -0.25) is 15.1 Å². The molecule has 0 unspecified atom stereocenters. The van der Waals surface area contributed by atoms with Crippen LogP contribution in [0.1, 0.15) is 31.1 Å². The topological polar surface area (TPSA) is 86.5 Å². The number of benzene rings is 1. The number of nitro groups is 1. The zero-order chi connectivity index (χ0) is 18.8. The summed E-state index contributed by atoms with van der Waals surface area (Å²) in [6.45, 7) is 1.91. The summed E-state index contributed by atoms with van der Waals surface area (Å²) >= 11 is 5.61. The third-order valence-electron chi connectivity index (χ3n) is 4.18. The first kappa shape index (κ1) is 19.1.